The molecule has 0 bridgehead atoms. The Morgan fingerprint density at radius 3 is 1.74 bits per heavy atom. The lowest BCUT2D eigenvalue weighted by Crippen LogP contribution is -1.91. The second kappa shape index (κ2) is 10.2. The molecule has 0 unspecified atom stereocenters. The lowest BCUT2D eigenvalue weighted by molar-refractivity contribution is 0.670. The van der Waals surface area contributed by atoms with Gasteiger partial charge >= 0.3 is 0 Å². The SMILES string of the molecule is [2H]c1c([2H])c([2H])c2c(c1[2H])c([2H])c([2H])c1oc3c(-c4ccc(-c5c6ccccc6c(-c6ccc7ccccc7c6)c6ccccc56)cc4)cccc3c12. The Balaban J connectivity index is 1.17. The van der Waals surface area contributed by atoms with Gasteiger partial charge in [0.15, 0.2) is 0 Å². The molecule has 0 N–H and O–H groups in total. The lowest BCUT2D eigenvalue weighted by Gasteiger charge is -2.18. The number of rotatable bonds is 3. The van der Waals surface area contributed by atoms with E-state index in [-0.39, 0.29) is 46.6 Å². The van der Waals surface area contributed by atoms with Crippen molar-refractivity contribution in [2.24, 2.45) is 0 Å². The molecule has 1 heteroatoms. The molecule has 10 rings (SSSR count). The Kier molecular flexibility index (Phi) is 4.49. The van der Waals surface area contributed by atoms with Crippen LogP contribution in [-0.4, -0.2) is 0 Å². The van der Waals surface area contributed by atoms with E-state index in [2.05, 4.69) is 115 Å². The van der Waals surface area contributed by atoms with Gasteiger partial charge in [0, 0.05) is 16.3 Å². The summed E-state index contributed by atoms with van der Waals surface area (Å²) in [5.74, 6) is 0. The molecule has 0 saturated heterocycles. The highest BCUT2D eigenvalue weighted by atomic mass is 16.3. The summed E-state index contributed by atoms with van der Waals surface area (Å²) in [7, 11) is 0. The summed E-state index contributed by atoms with van der Waals surface area (Å²) < 4.78 is 57.7. The van der Waals surface area contributed by atoms with Gasteiger partial charge in [-0.15, -0.1) is 0 Å². The first-order valence-electron chi connectivity index (χ1n) is 18.7. The summed E-state index contributed by atoms with van der Waals surface area (Å²) in [5, 5.41) is 8.37. The molecule has 0 amide bonds. The molecular formula is C46H28O. The van der Waals surface area contributed by atoms with Crippen LogP contribution in [0.4, 0.5) is 0 Å². The van der Waals surface area contributed by atoms with Crippen molar-refractivity contribution in [2.75, 3.05) is 0 Å². The van der Waals surface area contributed by atoms with Crippen LogP contribution in [0.2, 0.25) is 0 Å². The van der Waals surface area contributed by atoms with Crippen molar-refractivity contribution in [3.05, 3.63) is 170 Å². The molecule has 1 nitrogen and oxygen atoms in total. The normalized spacial score (nSPS) is 13.6. The Labute approximate surface area is 280 Å². The molecule has 9 aromatic carbocycles. The van der Waals surface area contributed by atoms with E-state index in [0.717, 1.165) is 33.0 Å². The zero-order valence-corrected chi connectivity index (χ0v) is 25.1. The van der Waals surface area contributed by atoms with Crippen LogP contribution in [0.5, 0.6) is 0 Å². The molecule has 0 fully saturated rings. The van der Waals surface area contributed by atoms with E-state index in [9.17, 15) is 0 Å². The summed E-state index contributed by atoms with van der Waals surface area (Å²) in [6.07, 6.45) is 0. The Morgan fingerprint density at radius 2 is 1.00 bits per heavy atom. The van der Waals surface area contributed by atoms with Crippen LogP contribution in [0, 0.1) is 0 Å². The van der Waals surface area contributed by atoms with Crippen molar-refractivity contribution >= 4 is 65.0 Å². The maximum Gasteiger partial charge on any atom is 0.143 e. The maximum atomic E-state index is 8.80. The molecule has 0 radical (unpaired) electrons. The van der Waals surface area contributed by atoms with E-state index in [1.165, 1.54) is 32.7 Å². The second-order valence-corrected chi connectivity index (χ2v) is 12.0. The van der Waals surface area contributed by atoms with Crippen LogP contribution in [0.25, 0.3) is 98.4 Å². The minimum atomic E-state index is -0.424. The fourth-order valence-electron chi connectivity index (χ4n) is 7.31. The fourth-order valence-corrected chi connectivity index (χ4v) is 7.31. The third-order valence-electron chi connectivity index (χ3n) is 9.41. The average molecular weight is 603 g/mol. The second-order valence-electron chi connectivity index (χ2n) is 12.0. The van der Waals surface area contributed by atoms with Gasteiger partial charge in [-0.1, -0.05) is 158 Å². The van der Waals surface area contributed by atoms with Crippen molar-refractivity contribution in [1.82, 2.24) is 0 Å². The van der Waals surface area contributed by atoms with Crippen LogP contribution >= 0.6 is 0 Å². The van der Waals surface area contributed by atoms with Crippen molar-refractivity contribution < 1.29 is 12.6 Å². The third kappa shape index (κ3) is 3.97. The molecule has 1 heterocycles. The van der Waals surface area contributed by atoms with E-state index in [1.54, 1.807) is 0 Å². The van der Waals surface area contributed by atoms with Crippen molar-refractivity contribution in [3.8, 4) is 33.4 Å². The first-order chi connectivity index (χ1) is 25.8. The van der Waals surface area contributed by atoms with Crippen LogP contribution in [0.3, 0.4) is 0 Å². The van der Waals surface area contributed by atoms with Gasteiger partial charge in [-0.05, 0) is 83.0 Å². The summed E-state index contributed by atoms with van der Waals surface area (Å²) >= 11 is 0. The number of para-hydroxylation sites is 1. The van der Waals surface area contributed by atoms with E-state index >= 15 is 0 Å². The van der Waals surface area contributed by atoms with Crippen molar-refractivity contribution in [1.29, 1.82) is 0 Å². The van der Waals surface area contributed by atoms with E-state index in [1.807, 2.05) is 18.2 Å². The van der Waals surface area contributed by atoms with Gasteiger partial charge in [0.05, 0.1) is 8.22 Å². The number of benzene rings is 9. The summed E-state index contributed by atoms with van der Waals surface area (Å²) in [5.41, 5.74) is 6.91. The van der Waals surface area contributed by atoms with Gasteiger partial charge in [-0.3, -0.25) is 0 Å². The van der Waals surface area contributed by atoms with Gasteiger partial charge in [0.25, 0.3) is 0 Å². The molecule has 1 aromatic heterocycles. The number of furan rings is 1. The molecule has 0 atom stereocenters. The van der Waals surface area contributed by atoms with Gasteiger partial charge in [0.2, 0.25) is 0 Å². The number of hydrogen-bond donors (Lipinski definition) is 0. The molecule has 10 aromatic rings. The van der Waals surface area contributed by atoms with Gasteiger partial charge in [-0.25, -0.2) is 0 Å². The molecule has 0 aliphatic carbocycles. The third-order valence-corrected chi connectivity index (χ3v) is 9.41. The topological polar surface area (TPSA) is 13.1 Å². The highest BCUT2D eigenvalue weighted by Crippen LogP contribution is 2.45. The predicted octanol–water partition coefficient (Wildman–Crippen LogP) is 13.2. The first kappa shape index (κ1) is 20.8. The molecule has 0 spiro atoms. The largest absolute Gasteiger partial charge is 0.455 e. The highest BCUT2D eigenvalue weighted by molar-refractivity contribution is 6.22. The van der Waals surface area contributed by atoms with Crippen molar-refractivity contribution in [2.45, 2.75) is 0 Å². The molecular weight excluding hydrogens is 569 g/mol. The van der Waals surface area contributed by atoms with E-state index in [0.29, 0.717) is 16.4 Å². The molecule has 0 aliphatic rings. The first-order valence-corrected chi connectivity index (χ1v) is 15.7. The number of fused-ring (bicyclic) bond motifs is 8. The minimum Gasteiger partial charge on any atom is -0.455 e. The van der Waals surface area contributed by atoms with E-state index in [4.69, 9.17) is 12.6 Å². The standard InChI is InChI=1S/C46H28O/c1-2-12-33-28-34(25-20-29(33)10-1)44-39-16-7-5-14-37(39)43(38-15-6-8-17-40(38)44)32-23-21-31(22-24-32)36-18-9-19-41-45-35-13-4-3-11-30(35)26-27-42(45)47-46(36)41/h1-28H/i3D,4D,11D,13D,26D,27D. The van der Waals surface area contributed by atoms with Crippen LogP contribution < -0.4 is 0 Å². The summed E-state index contributed by atoms with van der Waals surface area (Å²) in [4.78, 5) is 0. The van der Waals surface area contributed by atoms with Crippen LogP contribution in [0.15, 0.2) is 174 Å². The molecule has 218 valence electrons. The predicted molar refractivity (Wildman–Crippen MR) is 200 cm³/mol. The van der Waals surface area contributed by atoms with Crippen LogP contribution in [0.1, 0.15) is 8.22 Å². The smallest absolute Gasteiger partial charge is 0.143 e. The average Bonchev–Trinajstić information content (AvgIpc) is 3.59. The molecule has 0 aliphatic heterocycles. The van der Waals surface area contributed by atoms with Gasteiger partial charge in [0.1, 0.15) is 11.2 Å². The van der Waals surface area contributed by atoms with Gasteiger partial charge in [-0.2, -0.15) is 0 Å². The Hall–Kier alpha value is -6.18. The summed E-state index contributed by atoms with van der Waals surface area (Å²) in [6, 6.07) is 44.6. The minimum absolute atomic E-state index is 0.0250. The molecule has 0 saturated carbocycles. The maximum absolute atomic E-state index is 8.80. The molecule has 47 heavy (non-hydrogen) atoms. The number of hydrogen-bond acceptors (Lipinski definition) is 1. The zero-order chi connectivity index (χ0) is 36.1. The quantitative estimate of drug-likeness (QED) is 0.183. The van der Waals surface area contributed by atoms with Crippen molar-refractivity contribution in [3.63, 3.8) is 0 Å². The zero-order valence-electron chi connectivity index (χ0n) is 31.1. The van der Waals surface area contributed by atoms with E-state index < -0.39 is 6.04 Å². The lowest BCUT2D eigenvalue weighted by atomic mass is 9.85. The van der Waals surface area contributed by atoms with Gasteiger partial charge < -0.3 is 4.42 Å². The summed E-state index contributed by atoms with van der Waals surface area (Å²) in [6.45, 7) is 0. The monoisotopic (exact) mass is 602 g/mol. The Morgan fingerprint density at radius 1 is 0.404 bits per heavy atom. The fraction of sp³-hybridized carbons (Fsp3) is 0. The highest BCUT2D eigenvalue weighted by Gasteiger charge is 2.18. The Bertz CT molecular complexity index is 3120. The van der Waals surface area contributed by atoms with Crippen LogP contribution in [-0.2, 0) is 0 Å².